The summed E-state index contributed by atoms with van der Waals surface area (Å²) in [6.45, 7) is 2.50. The van der Waals surface area contributed by atoms with E-state index in [1.54, 1.807) is 0 Å². The van der Waals surface area contributed by atoms with Crippen LogP contribution in [0.2, 0.25) is 0 Å². The highest BCUT2D eigenvalue weighted by Crippen LogP contribution is 2.04. The zero-order valence-corrected chi connectivity index (χ0v) is 8.81. The fourth-order valence-corrected chi connectivity index (χ4v) is 1.16. The number of aliphatic hydroxyl groups excluding tert-OH is 1. The lowest BCUT2D eigenvalue weighted by molar-refractivity contribution is 0.282. The molecular formula is C12H22O. The Balaban J connectivity index is 2.96. The fourth-order valence-electron chi connectivity index (χ4n) is 1.16. The van der Waals surface area contributed by atoms with Crippen LogP contribution in [-0.4, -0.2) is 11.7 Å². The molecule has 0 amide bonds. The highest BCUT2D eigenvalue weighted by atomic mass is 16.2. The van der Waals surface area contributed by atoms with Gasteiger partial charge in [-0.25, -0.2) is 0 Å². The van der Waals surface area contributed by atoms with E-state index >= 15 is 0 Å². The Morgan fingerprint density at radius 3 is 2.15 bits per heavy atom. The molecule has 0 aliphatic rings. The third kappa shape index (κ3) is 11.5. The minimum Gasteiger partial charge on any atom is -0.396 e. The predicted octanol–water partition coefficient (Wildman–Crippen LogP) is 3.12. The highest BCUT2D eigenvalue weighted by Gasteiger charge is 1.87. The van der Waals surface area contributed by atoms with E-state index in [4.69, 9.17) is 5.11 Å². The number of rotatable bonds is 7. The molecule has 0 radical (unpaired) electrons. The van der Waals surface area contributed by atoms with Crippen molar-refractivity contribution in [2.45, 2.75) is 58.3 Å². The molecular weight excluding hydrogens is 160 g/mol. The minimum atomic E-state index is 0.344. The van der Waals surface area contributed by atoms with Gasteiger partial charge in [-0.15, -0.1) is 11.8 Å². The molecule has 0 aromatic carbocycles. The first-order valence-corrected chi connectivity index (χ1v) is 5.48. The van der Waals surface area contributed by atoms with E-state index in [9.17, 15) is 0 Å². The Labute approximate surface area is 82.5 Å². The molecule has 0 atom stereocenters. The quantitative estimate of drug-likeness (QED) is 0.474. The first-order chi connectivity index (χ1) is 6.41. The number of hydrogen-bond donors (Lipinski definition) is 1. The molecule has 0 spiro atoms. The van der Waals surface area contributed by atoms with E-state index in [-0.39, 0.29) is 0 Å². The molecule has 1 heteroatoms. The third-order valence-electron chi connectivity index (χ3n) is 1.96. The molecule has 13 heavy (non-hydrogen) atoms. The second-order valence-corrected chi connectivity index (χ2v) is 3.34. The van der Waals surface area contributed by atoms with Gasteiger partial charge < -0.3 is 5.11 Å². The van der Waals surface area contributed by atoms with Gasteiger partial charge >= 0.3 is 0 Å². The predicted molar refractivity (Wildman–Crippen MR) is 57.5 cm³/mol. The lowest BCUT2D eigenvalue weighted by Gasteiger charge is -1.96. The standard InChI is InChI=1S/C12H22O/c1-2-3-4-5-6-7-8-9-10-11-12-13/h13H,2-3,6-12H2,1H3. The van der Waals surface area contributed by atoms with Crippen molar-refractivity contribution in [3.63, 3.8) is 0 Å². The van der Waals surface area contributed by atoms with E-state index in [0.717, 1.165) is 19.3 Å². The summed E-state index contributed by atoms with van der Waals surface area (Å²) in [5.41, 5.74) is 0. The fraction of sp³-hybridized carbons (Fsp3) is 0.833. The molecule has 0 aliphatic carbocycles. The van der Waals surface area contributed by atoms with Crippen molar-refractivity contribution in [2.75, 3.05) is 6.61 Å². The average molecular weight is 182 g/mol. The van der Waals surface area contributed by atoms with Crippen LogP contribution in [0.4, 0.5) is 0 Å². The smallest absolute Gasteiger partial charge is 0.0431 e. The number of unbranched alkanes of at least 4 members (excludes halogenated alkanes) is 6. The molecule has 0 saturated carbocycles. The van der Waals surface area contributed by atoms with Crippen molar-refractivity contribution in [1.82, 2.24) is 0 Å². The molecule has 0 aromatic heterocycles. The maximum absolute atomic E-state index is 8.54. The van der Waals surface area contributed by atoms with Crippen LogP contribution in [0.1, 0.15) is 58.3 Å². The van der Waals surface area contributed by atoms with Gasteiger partial charge in [0.1, 0.15) is 0 Å². The van der Waals surface area contributed by atoms with E-state index in [0.29, 0.717) is 6.61 Å². The van der Waals surface area contributed by atoms with Crippen LogP contribution in [0.3, 0.4) is 0 Å². The molecule has 76 valence electrons. The van der Waals surface area contributed by atoms with Crippen molar-refractivity contribution >= 4 is 0 Å². The van der Waals surface area contributed by atoms with Crippen LogP contribution in [0.5, 0.6) is 0 Å². The molecule has 0 fully saturated rings. The Morgan fingerprint density at radius 2 is 1.46 bits per heavy atom. The van der Waals surface area contributed by atoms with Gasteiger partial charge in [0.05, 0.1) is 0 Å². The topological polar surface area (TPSA) is 20.2 Å². The van der Waals surface area contributed by atoms with Gasteiger partial charge in [-0.05, 0) is 19.3 Å². The number of hydrogen-bond acceptors (Lipinski definition) is 1. The normalized spacial score (nSPS) is 9.38. The summed E-state index contributed by atoms with van der Waals surface area (Å²) in [4.78, 5) is 0. The molecule has 1 nitrogen and oxygen atoms in total. The maximum atomic E-state index is 8.54. The Bertz CT molecular complexity index is 141. The van der Waals surface area contributed by atoms with Crippen LogP contribution in [-0.2, 0) is 0 Å². The van der Waals surface area contributed by atoms with Gasteiger partial charge in [-0.3, -0.25) is 0 Å². The van der Waals surface area contributed by atoms with Gasteiger partial charge in [0, 0.05) is 19.4 Å². The first-order valence-electron chi connectivity index (χ1n) is 5.48. The van der Waals surface area contributed by atoms with Crippen molar-refractivity contribution in [2.24, 2.45) is 0 Å². The van der Waals surface area contributed by atoms with Crippen molar-refractivity contribution in [3.8, 4) is 11.8 Å². The number of aliphatic hydroxyl groups is 1. The van der Waals surface area contributed by atoms with Gasteiger partial charge in [-0.1, -0.05) is 26.2 Å². The van der Waals surface area contributed by atoms with Crippen LogP contribution >= 0.6 is 0 Å². The molecule has 0 saturated heterocycles. The van der Waals surface area contributed by atoms with Crippen LogP contribution in [0.25, 0.3) is 0 Å². The summed E-state index contributed by atoms with van der Waals surface area (Å²) < 4.78 is 0. The largest absolute Gasteiger partial charge is 0.396 e. The average Bonchev–Trinajstić information content (AvgIpc) is 2.16. The van der Waals surface area contributed by atoms with E-state index in [1.165, 1.54) is 32.1 Å². The molecule has 0 aliphatic heterocycles. The minimum absolute atomic E-state index is 0.344. The molecule has 0 bridgehead atoms. The molecule has 0 heterocycles. The SMILES string of the molecule is CCCC#CCCCCCCCO. The summed E-state index contributed by atoms with van der Waals surface area (Å²) in [6, 6.07) is 0. The Kier molecular flexibility index (Phi) is 11.1. The third-order valence-corrected chi connectivity index (χ3v) is 1.96. The van der Waals surface area contributed by atoms with E-state index in [1.807, 2.05) is 0 Å². The van der Waals surface area contributed by atoms with Crippen molar-refractivity contribution < 1.29 is 5.11 Å². The van der Waals surface area contributed by atoms with Crippen LogP contribution in [0, 0.1) is 11.8 Å². The summed E-state index contributed by atoms with van der Waals surface area (Å²) in [5.74, 6) is 6.32. The zero-order chi connectivity index (χ0) is 9.78. The summed E-state index contributed by atoms with van der Waals surface area (Å²) in [6.07, 6.45) is 9.13. The molecule has 1 N–H and O–H groups in total. The molecule has 0 aromatic rings. The first kappa shape index (κ1) is 12.5. The van der Waals surface area contributed by atoms with Crippen molar-refractivity contribution in [1.29, 1.82) is 0 Å². The van der Waals surface area contributed by atoms with E-state index in [2.05, 4.69) is 18.8 Å². The zero-order valence-electron chi connectivity index (χ0n) is 8.81. The Hall–Kier alpha value is -0.480. The van der Waals surface area contributed by atoms with Gasteiger partial charge in [-0.2, -0.15) is 0 Å². The molecule has 0 rings (SSSR count). The van der Waals surface area contributed by atoms with Gasteiger partial charge in [0.15, 0.2) is 0 Å². The van der Waals surface area contributed by atoms with Crippen molar-refractivity contribution in [3.05, 3.63) is 0 Å². The summed E-state index contributed by atoms with van der Waals surface area (Å²) in [7, 11) is 0. The summed E-state index contributed by atoms with van der Waals surface area (Å²) >= 11 is 0. The van der Waals surface area contributed by atoms with Gasteiger partial charge in [0.25, 0.3) is 0 Å². The lowest BCUT2D eigenvalue weighted by Crippen LogP contribution is -1.83. The van der Waals surface area contributed by atoms with Gasteiger partial charge in [0.2, 0.25) is 0 Å². The molecule has 0 unspecified atom stereocenters. The summed E-state index contributed by atoms with van der Waals surface area (Å²) in [5, 5.41) is 8.54. The lowest BCUT2D eigenvalue weighted by atomic mass is 10.1. The van der Waals surface area contributed by atoms with Crippen LogP contribution in [0.15, 0.2) is 0 Å². The second kappa shape index (κ2) is 11.5. The highest BCUT2D eigenvalue weighted by molar-refractivity contribution is 4.98. The Morgan fingerprint density at radius 1 is 0.846 bits per heavy atom. The second-order valence-electron chi connectivity index (χ2n) is 3.34. The van der Waals surface area contributed by atoms with E-state index < -0.39 is 0 Å². The maximum Gasteiger partial charge on any atom is 0.0431 e. The monoisotopic (exact) mass is 182 g/mol. The van der Waals surface area contributed by atoms with Crippen LogP contribution < -0.4 is 0 Å².